The van der Waals surface area contributed by atoms with Crippen molar-refractivity contribution in [2.24, 2.45) is 0 Å². The van der Waals surface area contributed by atoms with Gasteiger partial charge in [-0.05, 0) is 13.3 Å². The second-order valence-electron chi connectivity index (χ2n) is 2.98. The average Bonchev–Trinajstić information content (AvgIpc) is 1.99. The van der Waals surface area contributed by atoms with Gasteiger partial charge in [0.2, 0.25) is 5.91 Å². The van der Waals surface area contributed by atoms with Gasteiger partial charge in [0.15, 0.2) is 0 Å². The predicted molar refractivity (Wildman–Crippen MR) is 46.4 cm³/mol. The summed E-state index contributed by atoms with van der Waals surface area (Å²) in [6, 6.07) is 0.430. The van der Waals surface area contributed by atoms with Crippen molar-refractivity contribution in [3.8, 4) is 0 Å². The second-order valence-corrected chi connectivity index (χ2v) is 2.98. The van der Waals surface area contributed by atoms with Gasteiger partial charge in [0.05, 0.1) is 6.54 Å². The van der Waals surface area contributed by atoms with Crippen LogP contribution in [0.25, 0.3) is 0 Å². The lowest BCUT2D eigenvalue weighted by molar-refractivity contribution is -0.127. The summed E-state index contributed by atoms with van der Waals surface area (Å²) < 4.78 is 0. The van der Waals surface area contributed by atoms with Gasteiger partial charge in [-0.1, -0.05) is 6.92 Å². The van der Waals surface area contributed by atoms with Crippen molar-refractivity contribution in [3.05, 3.63) is 0 Å². The maximum absolute atomic E-state index is 11.0. The third kappa shape index (κ3) is 4.79. The number of carbonyl (C=O) groups excluding carboxylic acids is 1. The Labute approximate surface area is 68.8 Å². The number of likely N-dealkylation sites (N-methyl/N-ethyl adjacent to an activating group) is 1. The number of hydrogen-bond donors (Lipinski definition) is 1. The summed E-state index contributed by atoms with van der Waals surface area (Å²) in [5.74, 6) is 0.130. The third-order valence-corrected chi connectivity index (χ3v) is 1.71. The first-order chi connectivity index (χ1) is 5.07. The van der Waals surface area contributed by atoms with Crippen molar-refractivity contribution < 1.29 is 4.79 Å². The summed E-state index contributed by atoms with van der Waals surface area (Å²) in [4.78, 5) is 12.6. The van der Waals surface area contributed by atoms with Gasteiger partial charge in [-0.2, -0.15) is 0 Å². The van der Waals surface area contributed by atoms with E-state index < -0.39 is 0 Å². The fourth-order valence-corrected chi connectivity index (χ4v) is 0.564. The SMILES string of the molecule is CCC(C)NCC(=O)N(C)C. The number of rotatable bonds is 4. The van der Waals surface area contributed by atoms with Crippen molar-refractivity contribution in [2.45, 2.75) is 26.3 Å². The molecule has 0 aromatic rings. The lowest BCUT2D eigenvalue weighted by Gasteiger charge is -2.14. The molecule has 1 N–H and O–H groups in total. The molecule has 0 saturated carbocycles. The summed E-state index contributed by atoms with van der Waals surface area (Å²) in [6.45, 7) is 4.61. The van der Waals surface area contributed by atoms with E-state index >= 15 is 0 Å². The maximum atomic E-state index is 11.0. The highest BCUT2D eigenvalue weighted by molar-refractivity contribution is 5.77. The number of nitrogens with one attached hydrogen (secondary N) is 1. The molecule has 0 heterocycles. The lowest BCUT2D eigenvalue weighted by atomic mass is 10.2. The molecule has 0 aromatic heterocycles. The standard InChI is InChI=1S/C8H18N2O/c1-5-7(2)9-6-8(11)10(3)4/h7,9H,5-6H2,1-4H3. The van der Waals surface area contributed by atoms with Crippen LogP contribution in [0.15, 0.2) is 0 Å². The van der Waals surface area contributed by atoms with Crippen molar-refractivity contribution >= 4 is 5.91 Å². The van der Waals surface area contributed by atoms with Gasteiger partial charge in [0, 0.05) is 20.1 Å². The van der Waals surface area contributed by atoms with Crippen molar-refractivity contribution in [1.29, 1.82) is 0 Å². The molecule has 0 spiro atoms. The Morgan fingerprint density at radius 2 is 2.09 bits per heavy atom. The second kappa shape index (κ2) is 5.13. The molecule has 11 heavy (non-hydrogen) atoms. The number of carbonyl (C=O) groups is 1. The van der Waals surface area contributed by atoms with Crippen LogP contribution < -0.4 is 5.32 Å². The summed E-state index contributed by atoms with van der Waals surface area (Å²) in [5, 5.41) is 3.12. The Kier molecular flexibility index (Phi) is 4.86. The molecule has 1 atom stereocenters. The Balaban J connectivity index is 3.46. The molecule has 0 aliphatic heterocycles. The van der Waals surface area contributed by atoms with Crippen LogP contribution in [0.5, 0.6) is 0 Å². The topological polar surface area (TPSA) is 32.3 Å². The van der Waals surface area contributed by atoms with Gasteiger partial charge in [-0.15, -0.1) is 0 Å². The van der Waals surface area contributed by atoms with E-state index in [2.05, 4.69) is 19.2 Å². The van der Waals surface area contributed by atoms with Crippen molar-refractivity contribution in [1.82, 2.24) is 10.2 Å². The van der Waals surface area contributed by atoms with Crippen molar-refractivity contribution in [2.75, 3.05) is 20.6 Å². The monoisotopic (exact) mass is 158 g/mol. The summed E-state index contributed by atoms with van der Waals surface area (Å²) >= 11 is 0. The number of amides is 1. The summed E-state index contributed by atoms with van der Waals surface area (Å²) in [7, 11) is 3.53. The zero-order valence-corrected chi connectivity index (χ0v) is 7.85. The zero-order valence-electron chi connectivity index (χ0n) is 7.85. The highest BCUT2D eigenvalue weighted by Gasteiger charge is 2.04. The van der Waals surface area contributed by atoms with Gasteiger partial charge < -0.3 is 10.2 Å². The highest BCUT2D eigenvalue weighted by Crippen LogP contribution is 1.86. The number of hydrogen-bond acceptors (Lipinski definition) is 2. The molecule has 0 bridgehead atoms. The minimum absolute atomic E-state index is 0.130. The largest absolute Gasteiger partial charge is 0.348 e. The Bertz CT molecular complexity index is 123. The Morgan fingerprint density at radius 1 is 1.55 bits per heavy atom. The molecule has 66 valence electrons. The molecule has 0 aliphatic rings. The summed E-state index contributed by atoms with van der Waals surface area (Å²) in [5.41, 5.74) is 0. The van der Waals surface area contributed by atoms with E-state index in [1.807, 2.05) is 0 Å². The molecule has 1 amide bonds. The molecule has 1 unspecified atom stereocenters. The normalized spacial score (nSPS) is 12.7. The fraction of sp³-hybridized carbons (Fsp3) is 0.875. The predicted octanol–water partition coefficient (Wildman–Crippen LogP) is 0.463. The Morgan fingerprint density at radius 3 is 2.45 bits per heavy atom. The lowest BCUT2D eigenvalue weighted by Crippen LogP contribution is -2.37. The smallest absolute Gasteiger partial charge is 0.236 e. The first-order valence-electron chi connectivity index (χ1n) is 4.01. The molecule has 3 heteroatoms. The number of nitrogens with zero attached hydrogens (tertiary/aromatic N) is 1. The summed E-state index contributed by atoms with van der Waals surface area (Å²) in [6.07, 6.45) is 1.06. The molecule has 0 saturated heterocycles. The molecular formula is C8H18N2O. The van der Waals surface area contributed by atoms with E-state index in [1.54, 1.807) is 19.0 Å². The molecule has 0 fully saturated rings. The quantitative estimate of drug-likeness (QED) is 0.644. The van der Waals surface area contributed by atoms with Gasteiger partial charge in [0.1, 0.15) is 0 Å². The fourth-order valence-electron chi connectivity index (χ4n) is 0.564. The van der Waals surface area contributed by atoms with Crippen LogP contribution in [0.2, 0.25) is 0 Å². The molecule has 0 radical (unpaired) electrons. The molecule has 0 aromatic carbocycles. The van der Waals surface area contributed by atoms with Gasteiger partial charge in [-0.3, -0.25) is 4.79 Å². The van der Waals surface area contributed by atoms with Crippen molar-refractivity contribution in [3.63, 3.8) is 0 Å². The molecule has 0 aliphatic carbocycles. The van der Waals surface area contributed by atoms with E-state index in [1.165, 1.54) is 0 Å². The van der Waals surface area contributed by atoms with Crippen LogP contribution in [-0.2, 0) is 4.79 Å². The van der Waals surface area contributed by atoms with Gasteiger partial charge >= 0.3 is 0 Å². The van der Waals surface area contributed by atoms with Crippen LogP contribution in [0.1, 0.15) is 20.3 Å². The minimum Gasteiger partial charge on any atom is -0.348 e. The van der Waals surface area contributed by atoms with Gasteiger partial charge in [-0.25, -0.2) is 0 Å². The van der Waals surface area contributed by atoms with E-state index in [-0.39, 0.29) is 5.91 Å². The van der Waals surface area contributed by atoms with E-state index in [0.29, 0.717) is 12.6 Å². The van der Waals surface area contributed by atoms with E-state index in [0.717, 1.165) is 6.42 Å². The van der Waals surface area contributed by atoms with Gasteiger partial charge in [0.25, 0.3) is 0 Å². The Hall–Kier alpha value is -0.570. The van der Waals surface area contributed by atoms with Crippen LogP contribution in [0.3, 0.4) is 0 Å². The first-order valence-corrected chi connectivity index (χ1v) is 4.01. The van der Waals surface area contributed by atoms with E-state index in [4.69, 9.17) is 0 Å². The van der Waals surface area contributed by atoms with Crippen LogP contribution in [0, 0.1) is 0 Å². The average molecular weight is 158 g/mol. The third-order valence-electron chi connectivity index (χ3n) is 1.71. The first kappa shape index (κ1) is 10.4. The molecular weight excluding hydrogens is 140 g/mol. The molecule has 3 nitrogen and oxygen atoms in total. The van der Waals surface area contributed by atoms with E-state index in [9.17, 15) is 4.79 Å². The van der Waals surface area contributed by atoms with Crippen LogP contribution in [-0.4, -0.2) is 37.5 Å². The minimum atomic E-state index is 0.130. The van der Waals surface area contributed by atoms with Crippen LogP contribution in [0.4, 0.5) is 0 Å². The maximum Gasteiger partial charge on any atom is 0.236 e. The zero-order chi connectivity index (χ0) is 8.85. The molecule has 0 rings (SSSR count). The highest BCUT2D eigenvalue weighted by atomic mass is 16.2. The van der Waals surface area contributed by atoms with Crippen LogP contribution >= 0.6 is 0 Å².